The molecule has 0 saturated heterocycles. The Balaban J connectivity index is 1.51. The zero-order chi connectivity index (χ0) is 32.2. The molecule has 0 spiro atoms. The molecule has 1 aliphatic heterocycles. The highest BCUT2D eigenvalue weighted by atomic mass is 32.2. The van der Waals surface area contributed by atoms with Crippen LogP contribution in [0.2, 0.25) is 0 Å². The third-order valence-electron chi connectivity index (χ3n) is 7.83. The van der Waals surface area contributed by atoms with Gasteiger partial charge in [-0.2, -0.15) is 0 Å². The number of hydrogen-bond acceptors (Lipinski definition) is 7. The van der Waals surface area contributed by atoms with Gasteiger partial charge in [0.2, 0.25) is 0 Å². The topological polar surface area (TPSA) is 82.1 Å². The number of hydrogen-bond donors (Lipinski definition) is 2. The maximum Gasteiger partial charge on any atom is 0.324 e. The molecule has 4 aromatic rings. The number of rotatable bonds is 11. The second-order valence-electron chi connectivity index (χ2n) is 11.5. The predicted octanol–water partition coefficient (Wildman–Crippen LogP) is 7.76. The van der Waals surface area contributed by atoms with Crippen molar-refractivity contribution in [3.05, 3.63) is 112 Å². The van der Waals surface area contributed by atoms with Crippen molar-refractivity contribution in [3.63, 3.8) is 0 Å². The molecular formula is C36H39N3O4S2. The van der Waals surface area contributed by atoms with Crippen LogP contribution in [0.25, 0.3) is 0 Å². The molecule has 1 unspecified atom stereocenters. The second-order valence-corrected chi connectivity index (χ2v) is 13.4. The van der Waals surface area contributed by atoms with Crippen LogP contribution in [0, 0.1) is 34.6 Å². The minimum absolute atomic E-state index is 0.145. The van der Waals surface area contributed by atoms with Gasteiger partial charge in [0, 0.05) is 27.6 Å². The number of carbonyl (C=O) groups is 2. The number of benzene rings is 4. The van der Waals surface area contributed by atoms with E-state index in [0.29, 0.717) is 18.7 Å². The molecule has 1 heterocycles. The van der Waals surface area contributed by atoms with E-state index in [1.165, 1.54) is 29.5 Å². The lowest BCUT2D eigenvalue weighted by atomic mass is 10.0. The third-order valence-corrected chi connectivity index (χ3v) is 9.97. The summed E-state index contributed by atoms with van der Waals surface area (Å²) in [7, 11) is 1.62. The molecule has 2 N–H and O–H groups in total. The maximum atomic E-state index is 14.1. The summed E-state index contributed by atoms with van der Waals surface area (Å²) in [6.45, 7) is 10.7. The summed E-state index contributed by atoms with van der Waals surface area (Å²) >= 11 is 2.77. The van der Waals surface area contributed by atoms with Gasteiger partial charge in [0.1, 0.15) is 18.3 Å². The van der Waals surface area contributed by atoms with E-state index in [1.54, 1.807) is 7.11 Å². The summed E-state index contributed by atoms with van der Waals surface area (Å²) in [5, 5.41) is 9.92. The molecule has 0 saturated carbocycles. The Morgan fingerprint density at radius 1 is 0.933 bits per heavy atom. The molecule has 0 radical (unpaired) electrons. The van der Waals surface area contributed by atoms with Crippen molar-refractivity contribution >= 4 is 47.1 Å². The van der Waals surface area contributed by atoms with Crippen molar-refractivity contribution in [2.45, 2.75) is 56.9 Å². The highest BCUT2D eigenvalue weighted by Gasteiger charge is 2.35. The number of nitrogens with one attached hydrogen (secondary N) is 1. The van der Waals surface area contributed by atoms with E-state index in [-0.39, 0.29) is 12.5 Å². The van der Waals surface area contributed by atoms with Gasteiger partial charge >= 0.3 is 5.97 Å². The number of carbonyl (C=O) groups excluding carboxylic acids is 1. The molecule has 234 valence electrons. The number of carboxylic acid groups (broad SMARTS) is 1. The number of anilines is 2. The fourth-order valence-corrected chi connectivity index (χ4v) is 7.98. The smallest absolute Gasteiger partial charge is 0.324 e. The van der Waals surface area contributed by atoms with Crippen LogP contribution in [0.1, 0.15) is 45.0 Å². The van der Waals surface area contributed by atoms with Gasteiger partial charge in [0.15, 0.2) is 0 Å². The second kappa shape index (κ2) is 13.9. The van der Waals surface area contributed by atoms with E-state index in [1.807, 2.05) is 60.6 Å². The zero-order valence-electron chi connectivity index (χ0n) is 26.5. The molecule has 4 aromatic carbocycles. The van der Waals surface area contributed by atoms with Crippen LogP contribution in [0.4, 0.5) is 11.4 Å². The van der Waals surface area contributed by atoms with Crippen LogP contribution in [0.5, 0.6) is 5.75 Å². The van der Waals surface area contributed by atoms with E-state index in [0.717, 1.165) is 54.5 Å². The van der Waals surface area contributed by atoms with Gasteiger partial charge in [-0.05, 0) is 129 Å². The summed E-state index contributed by atoms with van der Waals surface area (Å²) in [4.78, 5) is 30.3. The number of amides is 1. The minimum Gasteiger partial charge on any atom is -0.497 e. The van der Waals surface area contributed by atoms with Crippen LogP contribution in [0.15, 0.2) is 82.6 Å². The molecule has 45 heavy (non-hydrogen) atoms. The fraction of sp³-hybridized carbons (Fsp3) is 0.278. The number of methoxy groups -OCH3 is 1. The number of aryl methyl sites for hydroxylation is 5. The van der Waals surface area contributed by atoms with Gasteiger partial charge in [-0.1, -0.05) is 42.0 Å². The van der Waals surface area contributed by atoms with Gasteiger partial charge in [-0.15, -0.1) is 0 Å². The Hall–Kier alpha value is -4.08. The third kappa shape index (κ3) is 7.43. The van der Waals surface area contributed by atoms with Crippen LogP contribution < -0.4 is 18.7 Å². The normalized spacial score (nSPS) is 12.9. The lowest BCUT2D eigenvalue weighted by molar-refractivity contribution is -0.135. The first-order valence-corrected chi connectivity index (χ1v) is 16.5. The van der Waals surface area contributed by atoms with Gasteiger partial charge in [0.25, 0.3) is 5.91 Å². The van der Waals surface area contributed by atoms with Crippen molar-refractivity contribution in [2.75, 3.05) is 29.4 Å². The van der Waals surface area contributed by atoms with Crippen molar-refractivity contribution < 1.29 is 19.4 Å². The van der Waals surface area contributed by atoms with Gasteiger partial charge in [0.05, 0.1) is 12.8 Å². The lowest BCUT2D eigenvalue weighted by Gasteiger charge is -2.31. The Bertz CT molecular complexity index is 1700. The van der Waals surface area contributed by atoms with Crippen molar-refractivity contribution in [1.29, 1.82) is 0 Å². The number of nitrogens with zero attached hydrogens (tertiary/aromatic N) is 2. The van der Waals surface area contributed by atoms with Crippen LogP contribution >= 0.6 is 23.9 Å². The Morgan fingerprint density at radius 2 is 1.60 bits per heavy atom. The molecule has 0 aliphatic carbocycles. The molecule has 0 aromatic heterocycles. The van der Waals surface area contributed by atoms with Crippen molar-refractivity contribution in [1.82, 2.24) is 4.72 Å². The quantitative estimate of drug-likeness (QED) is 0.161. The summed E-state index contributed by atoms with van der Waals surface area (Å²) < 4.78 is 10.5. The molecular weight excluding hydrogens is 603 g/mol. The van der Waals surface area contributed by atoms with E-state index in [2.05, 4.69) is 60.7 Å². The lowest BCUT2D eigenvalue weighted by Crippen LogP contribution is -2.37. The van der Waals surface area contributed by atoms with E-state index >= 15 is 0 Å². The largest absolute Gasteiger partial charge is 0.497 e. The molecule has 1 amide bonds. The average Bonchev–Trinajstić information content (AvgIpc) is 3.41. The molecule has 0 fully saturated rings. The molecule has 9 heteroatoms. The molecule has 1 aliphatic rings. The molecule has 1 atom stereocenters. The number of fused-ring (bicyclic) bond motifs is 1. The van der Waals surface area contributed by atoms with E-state index < -0.39 is 12.0 Å². The van der Waals surface area contributed by atoms with Gasteiger partial charge < -0.3 is 19.0 Å². The number of ether oxygens (including phenoxy) is 1. The molecule has 5 rings (SSSR count). The van der Waals surface area contributed by atoms with Gasteiger partial charge in [-0.3, -0.25) is 14.3 Å². The summed E-state index contributed by atoms with van der Waals surface area (Å²) in [5.74, 6) is -0.379. The monoisotopic (exact) mass is 641 g/mol. The first-order chi connectivity index (χ1) is 21.5. The fourth-order valence-electron chi connectivity index (χ4n) is 6.09. The maximum absolute atomic E-state index is 14.1. The standard InChI is InChI=1S/C36H39N3O4S2/c1-22-15-23(2)19-29(18-22)44-37-36(42)34(27-9-7-10-28(20-27)43-6)38-14-13-30-31(38)11-8-12-32(30)39(21-33(40)41)45-35-25(4)16-24(3)17-26(35)5/h7-12,15-20,34H,13-14,21H2,1-6H3,(H,37,42)(H,40,41). The zero-order valence-corrected chi connectivity index (χ0v) is 28.1. The highest BCUT2D eigenvalue weighted by Crippen LogP contribution is 2.44. The first kappa shape index (κ1) is 32.3. The van der Waals surface area contributed by atoms with Crippen LogP contribution in [-0.2, 0) is 16.0 Å². The summed E-state index contributed by atoms with van der Waals surface area (Å²) in [5.41, 5.74) is 9.26. The predicted molar refractivity (Wildman–Crippen MR) is 185 cm³/mol. The Labute approximate surface area is 274 Å². The van der Waals surface area contributed by atoms with Crippen molar-refractivity contribution in [2.24, 2.45) is 0 Å². The summed E-state index contributed by atoms with van der Waals surface area (Å²) in [6.07, 6.45) is 0.673. The van der Waals surface area contributed by atoms with Gasteiger partial charge in [-0.25, -0.2) is 0 Å². The Morgan fingerprint density at radius 3 is 2.27 bits per heavy atom. The summed E-state index contributed by atoms with van der Waals surface area (Å²) in [6, 6.07) is 23.4. The average molecular weight is 642 g/mol. The van der Waals surface area contributed by atoms with Crippen LogP contribution in [0.3, 0.4) is 0 Å². The Kier molecular flexibility index (Phi) is 9.99. The minimum atomic E-state index is -0.908. The molecule has 7 nitrogen and oxygen atoms in total. The van der Waals surface area contributed by atoms with E-state index in [9.17, 15) is 14.7 Å². The number of aliphatic carboxylic acids is 1. The number of carboxylic acids is 1. The molecule has 0 bridgehead atoms. The van der Waals surface area contributed by atoms with Crippen LogP contribution in [-0.4, -0.2) is 37.2 Å². The van der Waals surface area contributed by atoms with Crippen molar-refractivity contribution in [3.8, 4) is 5.75 Å². The SMILES string of the molecule is COc1cccc(C(C(=O)NSc2cc(C)cc(C)c2)N2CCc3c(N(CC(=O)O)Sc4c(C)cc(C)cc4C)cccc32)c1. The van der Waals surface area contributed by atoms with E-state index in [4.69, 9.17) is 4.74 Å². The highest BCUT2D eigenvalue weighted by molar-refractivity contribution is 8.00. The first-order valence-electron chi connectivity index (χ1n) is 14.9.